The van der Waals surface area contributed by atoms with Gasteiger partial charge in [-0.25, -0.2) is 0 Å². The maximum absolute atomic E-state index is 11.8. The van der Waals surface area contributed by atoms with Crippen molar-refractivity contribution in [3.05, 3.63) is 23.8 Å². The van der Waals surface area contributed by atoms with Crippen LogP contribution in [0.1, 0.15) is 31.1 Å². The Morgan fingerprint density at radius 3 is 1.79 bits per heavy atom. The Balaban J connectivity index is 3.11. The van der Waals surface area contributed by atoms with Gasteiger partial charge in [0.15, 0.2) is 0 Å². The van der Waals surface area contributed by atoms with Crippen molar-refractivity contribution in [2.24, 2.45) is 0 Å². The molecule has 1 aromatic carbocycles. The lowest BCUT2D eigenvalue weighted by molar-refractivity contribution is -0.115. The standard InChI is InChI=1S/C13H17N3O3/c1-4-14-13(19)10-5-11(15-8(2)17)7-12(6-10)16-9(3)18/h5-7H,4H2,1-3H3,(H,14,19)(H,15,17)(H,16,18). The van der Waals surface area contributed by atoms with Crippen molar-refractivity contribution in [2.45, 2.75) is 20.8 Å². The second-order valence-electron chi connectivity index (χ2n) is 4.02. The van der Waals surface area contributed by atoms with Crippen LogP contribution in [-0.2, 0) is 9.59 Å². The molecule has 0 radical (unpaired) electrons. The molecule has 1 rings (SSSR count). The molecule has 6 heteroatoms. The summed E-state index contributed by atoms with van der Waals surface area (Å²) < 4.78 is 0. The average molecular weight is 263 g/mol. The number of hydrogen-bond acceptors (Lipinski definition) is 3. The van der Waals surface area contributed by atoms with E-state index in [1.807, 2.05) is 6.92 Å². The van der Waals surface area contributed by atoms with Gasteiger partial charge in [0.05, 0.1) is 0 Å². The van der Waals surface area contributed by atoms with Crippen molar-refractivity contribution in [2.75, 3.05) is 17.2 Å². The van der Waals surface area contributed by atoms with Crippen LogP contribution in [0.15, 0.2) is 18.2 Å². The Labute approximate surface area is 111 Å². The van der Waals surface area contributed by atoms with Crippen molar-refractivity contribution in [3.63, 3.8) is 0 Å². The molecule has 0 aliphatic carbocycles. The Morgan fingerprint density at radius 1 is 0.947 bits per heavy atom. The first kappa shape index (κ1) is 14.7. The summed E-state index contributed by atoms with van der Waals surface area (Å²) in [6.07, 6.45) is 0. The summed E-state index contributed by atoms with van der Waals surface area (Å²) in [5.74, 6) is -0.759. The highest BCUT2D eigenvalue weighted by atomic mass is 16.2. The molecule has 3 amide bonds. The molecule has 0 heterocycles. The van der Waals surface area contributed by atoms with E-state index in [1.54, 1.807) is 18.2 Å². The second kappa shape index (κ2) is 6.53. The molecule has 102 valence electrons. The van der Waals surface area contributed by atoms with Crippen molar-refractivity contribution in [3.8, 4) is 0 Å². The van der Waals surface area contributed by atoms with Gasteiger partial charge < -0.3 is 16.0 Å². The van der Waals surface area contributed by atoms with E-state index in [2.05, 4.69) is 16.0 Å². The molecular formula is C13H17N3O3. The lowest BCUT2D eigenvalue weighted by atomic mass is 10.1. The number of amides is 3. The molecule has 0 fully saturated rings. The number of nitrogens with one attached hydrogen (secondary N) is 3. The van der Waals surface area contributed by atoms with Gasteiger partial charge in [0.25, 0.3) is 5.91 Å². The number of hydrogen-bond donors (Lipinski definition) is 3. The fourth-order valence-corrected chi connectivity index (χ4v) is 1.57. The van der Waals surface area contributed by atoms with Gasteiger partial charge in [-0.05, 0) is 25.1 Å². The number of carbonyl (C=O) groups is 3. The molecule has 0 spiro atoms. The Kier molecular flexibility index (Phi) is 5.05. The molecule has 1 aromatic rings. The molecular weight excluding hydrogens is 246 g/mol. The maximum Gasteiger partial charge on any atom is 0.251 e. The zero-order valence-electron chi connectivity index (χ0n) is 11.2. The predicted molar refractivity (Wildman–Crippen MR) is 73.1 cm³/mol. The zero-order chi connectivity index (χ0) is 14.4. The smallest absolute Gasteiger partial charge is 0.251 e. The van der Waals surface area contributed by atoms with Gasteiger partial charge in [-0.1, -0.05) is 0 Å². The van der Waals surface area contributed by atoms with Crippen LogP contribution in [0.3, 0.4) is 0 Å². The van der Waals surface area contributed by atoms with E-state index in [1.165, 1.54) is 13.8 Å². The quantitative estimate of drug-likeness (QED) is 0.766. The fourth-order valence-electron chi connectivity index (χ4n) is 1.57. The third-order valence-corrected chi connectivity index (χ3v) is 2.17. The summed E-state index contributed by atoms with van der Waals surface area (Å²) in [5.41, 5.74) is 1.29. The van der Waals surface area contributed by atoms with Gasteiger partial charge in [0.2, 0.25) is 11.8 Å². The number of anilines is 2. The van der Waals surface area contributed by atoms with E-state index in [4.69, 9.17) is 0 Å². The first-order valence-corrected chi connectivity index (χ1v) is 5.91. The first-order chi connectivity index (χ1) is 8.92. The molecule has 0 saturated heterocycles. The number of rotatable bonds is 4. The topological polar surface area (TPSA) is 87.3 Å². The lowest BCUT2D eigenvalue weighted by Crippen LogP contribution is -2.23. The van der Waals surface area contributed by atoms with Crippen molar-refractivity contribution >= 4 is 29.1 Å². The van der Waals surface area contributed by atoms with E-state index in [-0.39, 0.29) is 17.7 Å². The molecule has 0 aliphatic rings. The van der Waals surface area contributed by atoms with Crippen molar-refractivity contribution < 1.29 is 14.4 Å². The second-order valence-corrected chi connectivity index (χ2v) is 4.02. The highest BCUT2D eigenvalue weighted by Gasteiger charge is 2.09. The summed E-state index contributed by atoms with van der Waals surface area (Å²) in [4.78, 5) is 33.9. The van der Waals surface area contributed by atoms with Crippen LogP contribution < -0.4 is 16.0 Å². The Hall–Kier alpha value is -2.37. The molecule has 0 aromatic heterocycles. The van der Waals surface area contributed by atoms with Crippen LogP contribution in [0, 0.1) is 0 Å². The van der Waals surface area contributed by atoms with E-state index < -0.39 is 0 Å². The largest absolute Gasteiger partial charge is 0.352 e. The van der Waals surface area contributed by atoms with Gasteiger partial charge in [-0.2, -0.15) is 0 Å². The summed E-state index contributed by atoms with van der Waals surface area (Å²) in [6.45, 7) is 5.05. The minimum Gasteiger partial charge on any atom is -0.352 e. The molecule has 0 saturated carbocycles. The third-order valence-electron chi connectivity index (χ3n) is 2.17. The molecule has 6 nitrogen and oxygen atoms in total. The third kappa shape index (κ3) is 4.79. The van der Waals surface area contributed by atoms with Gasteiger partial charge in [0.1, 0.15) is 0 Å². The summed E-state index contributed by atoms with van der Waals surface area (Å²) in [5, 5.41) is 7.83. The van der Waals surface area contributed by atoms with Gasteiger partial charge in [-0.3, -0.25) is 14.4 Å². The van der Waals surface area contributed by atoms with Gasteiger partial charge in [0, 0.05) is 37.3 Å². The van der Waals surface area contributed by atoms with Crippen LogP contribution in [0.5, 0.6) is 0 Å². The van der Waals surface area contributed by atoms with E-state index in [9.17, 15) is 14.4 Å². The van der Waals surface area contributed by atoms with Crippen LogP contribution in [0.4, 0.5) is 11.4 Å². The summed E-state index contributed by atoms with van der Waals surface area (Å²) >= 11 is 0. The Bertz CT molecular complexity index is 478. The van der Waals surface area contributed by atoms with Crippen LogP contribution in [-0.4, -0.2) is 24.3 Å². The summed E-state index contributed by atoms with van der Waals surface area (Å²) in [7, 11) is 0. The van der Waals surface area contributed by atoms with E-state index >= 15 is 0 Å². The predicted octanol–water partition coefficient (Wildman–Crippen LogP) is 1.35. The molecule has 0 unspecified atom stereocenters. The van der Waals surface area contributed by atoms with Crippen LogP contribution in [0.25, 0.3) is 0 Å². The summed E-state index contributed by atoms with van der Waals surface area (Å²) in [6, 6.07) is 4.70. The molecule has 0 atom stereocenters. The maximum atomic E-state index is 11.8. The molecule has 3 N–H and O–H groups in total. The number of carbonyl (C=O) groups excluding carboxylic acids is 3. The van der Waals surface area contributed by atoms with Crippen molar-refractivity contribution in [1.29, 1.82) is 0 Å². The highest BCUT2D eigenvalue weighted by Crippen LogP contribution is 2.19. The Morgan fingerprint density at radius 2 is 1.42 bits per heavy atom. The molecule has 0 aliphatic heterocycles. The van der Waals surface area contributed by atoms with E-state index in [0.29, 0.717) is 23.5 Å². The lowest BCUT2D eigenvalue weighted by Gasteiger charge is -2.10. The first-order valence-electron chi connectivity index (χ1n) is 5.91. The van der Waals surface area contributed by atoms with Crippen LogP contribution >= 0.6 is 0 Å². The van der Waals surface area contributed by atoms with Gasteiger partial charge in [-0.15, -0.1) is 0 Å². The number of benzene rings is 1. The monoisotopic (exact) mass is 263 g/mol. The van der Waals surface area contributed by atoms with Crippen molar-refractivity contribution in [1.82, 2.24) is 5.32 Å². The average Bonchev–Trinajstić information content (AvgIpc) is 2.26. The molecule has 19 heavy (non-hydrogen) atoms. The zero-order valence-corrected chi connectivity index (χ0v) is 11.2. The van der Waals surface area contributed by atoms with Gasteiger partial charge >= 0.3 is 0 Å². The highest BCUT2D eigenvalue weighted by molar-refractivity contribution is 5.99. The van der Waals surface area contributed by atoms with Crippen LogP contribution in [0.2, 0.25) is 0 Å². The SMILES string of the molecule is CCNC(=O)c1cc(NC(C)=O)cc(NC(C)=O)c1. The fraction of sp³-hybridized carbons (Fsp3) is 0.308. The molecule has 0 bridgehead atoms. The minimum absolute atomic E-state index is 0.248. The van der Waals surface area contributed by atoms with E-state index in [0.717, 1.165) is 0 Å². The normalized spacial score (nSPS) is 9.63. The minimum atomic E-state index is -0.263.